The number of carbonyl (C=O) groups is 2. The van der Waals surface area contributed by atoms with Crippen molar-refractivity contribution in [1.29, 1.82) is 0 Å². The minimum Gasteiger partial charge on any atom is -0.344 e. The molecule has 0 fully saturated rings. The van der Waals surface area contributed by atoms with Gasteiger partial charge in [-0.15, -0.1) is 0 Å². The molecule has 2 aromatic rings. The average Bonchev–Trinajstić information content (AvgIpc) is 2.76. The van der Waals surface area contributed by atoms with Crippen molar-refractivity contribution in [3.63, 3.8) is 0 Å². The van der Waals surface area contributed by atoms with Gasteiger partial charge in [0.2, 0.25) is 21.8 Å². The van der Waals surface area contributed by atoms with Crippen LogP contribution in [0.4, 0.5) is 5.69 Å². The molecule has 0 saturated carbocycles. The molecule has 0 aromatic heterocycles. The Bertz CT molecular complexity index is 1040. The number of aryl methyl sites for hydroxylation is 1. The molecule has 2 amide bonds. The van der Waals surface area contributed by atoms with Crippen LogP contribution < -0.4 is 10.0 Å². The highest BCUT2D eigenvalue weighted by Gasteiger charge is 2.29. The Morgan fingerprint density at radius 1 is 1.16 bits per heavy atom. The molecule has 2 N–H and O–H groups in total. The van der Waals surface area contributed by atoms with E-state index in [2.05, 4.69) is 10.0 Å². The summed E-state index contributed by atoms with van der Waals surface area (Å²) in [6.45, 7) is 2.61. The Labute approximate surface area is 183 Å². The molecule has 0 bridgehead atoms. The molecule has 2 aromatic carbocycles. The van der Waals surface area contributed by atoms with Gasteiger partial charge in [-0.25, -0.2) is 8.42 Å². The summed E-state index contributed by atoms with van der Waals surface area (Å²) in [6, 6.07) is 13.1. The smallest absolute Gasteiger partial charge is 0.241 e. The predicted octanol–water partition coefficient (Wildman–Crippen LogP) is 2.72. The number of benzene rings is 2. The number of nitrogens with zero attached hydrogens (tertiary/aromatic N) is 1. The first-order chi connectivity index (χ1) is 14.8. The van der Waals surface area contributed by atoms with Crippen molar-refractivity contribution in [3.8, 4) is 0 Å². The maximum absolute atomic E-state index is 13.2. The lowest BCUT2D eigenvalue weighted by atomic mass is 10.0. The van der Waals surface area contributed by atoms with E-state index in [0.717, 1.165) is 24.0 Å². The van der Waals surface area contributed by atoms with E-state index in [1.165, 1.54) is 6.07 Å². The summed E-state index contributed by atoms with van der Waals surface area (Å²) >= 11 is 0. The minimum atomic E-state index is -3.94. The molecule has 1 heterocycles. The number of unbranched alkanes of at least 4 members (excludes halogenated alkanes) is 1. The molecule has 3 rings (SSSR count). The lowest BCUT2D eigenvalue weighted by Gasteiger charge is -2.25. The number of nitrogens with one attached hydrogen (secondary N) is 2. The van der Waals surface area contributed by atoms with E-state index < -0.39 is 16.1 Å². The van der Waals surface area contributed by atoms with Crippen LogP contribution in [0.3, 0.4) is 0 Å². The van der Waals surface area contributed by atoms with E-state index >= 15 is 0 Å². The van der Waals surface area contributed by atoms with Gasteiger partial charge in [-0.1, -0.05) is 43.7 Å². The van der Waals surface area contributed by atoms with Gasteiger partial charge in [0.1, 0.15) is 6.04 Å². The third-order valence-corrected chi connectivity index (χ3v) is 6.85. The van der Waals surface area contributed by atoms with Crippen molar-refractivity contribution in [2.24, 2.45) is 0 Å². The summed E-state index contributed by atoms with van der Waals surface area (Å²) in [7, 11) is -2.24. The monoisotopic (exact) mass is 443 g/mol. The Morgan fingerprint density at radius 3 is 2.61 bits per heavy atom. The van der Waals surface area contributed by atoms with Gasteiger partial charge < -0.3 is 10.2 Å². The van der Waals surface area contributed by atoms with E-state index in [9.17, 15) is 18.0 Å². The van der Waals surface area contributed by atoms with E-state index in [1.54, 1.807) is 24.1 Å². The number of carbonyl (C=O) groups excluding carboxylic acids is 2. The molecule has 7 nitrogen and oxygen atoms in total. The molecule has 1 atom stereocenters. The highest BCUT2D eigenvalue weighted by Crippen LogP contribution is 2.25. The normalized spacial score (nSPS) is 14.5. The molecule has 1 aliphatic rings. The van der Waals surface area contributed by atoms with Crippen LogP contribution in [0.1, 0.15) is 37.3 Å². The van der Waals surface area contributed by atoms with E-state index in [4.69, 9.17) is 0 Å². The van der Waals surface area contributed by atoms with Gasteiger partial charge in [-0.2, -0.15) is 4.72 Å². The molecule has 1 aliphatic heterocycles. The zero-order valence-corrected chi connectivity index (χ0v) is 18.7. The number of sulfonamides is 1. The van der Waals surface area contributed by atoms with Gasteiger partial charge >= 0.3 is 0 Å². The van der Waals surface area contributed by atoms with Gasteiger partial charge in [0, 0.05) is 25.7 Å². The second kappa shape index (κ2) is 10.1. The van der Waals surface area contributed by atoms with Crippen LogP contribution in [-0.4, -0.2) is 44.8 Å². The standard InChI is InChI=1S/C23H29N3O4S/c1-3-4-14-26(2)23(28)21(15-17-8-6-5-7-9-17)25-31(29,30)19-11-12-20-18(16-19)10-13-22(27)24-20/h5-9,11-12,16,21,25H,3-4,10,13-15H2,1-2H3,(H,24,27). The second-order valence-corrected chi connectivity index (χ2v) is 9.56. The summed E-state index contributed by atoms with van der Waals surface area (Å²) in [5.41, 5.74) is 2.28. The van der Waals surface area contributed by atoms with Crippen molar-refractivity contribution < 1.29 is 18.0 Å². The molecule has 31 heavy (non-hydrogen) atoms. The quantitative estimate of drug-likeness (QED) is 0.623. The van der Waals surface area contributed by atoms with Crippen LogP contribution in [0.5, 0.6) is 0 Å². The number of amides is 2. The summed E-state index contributed by atoms with van der Waals surface area (Å²) in [4.78, 5) is 26.3. The zero-order valence-electron chi connectivity index (χ0n) is 17.9. The lowest BCUT2D eigenvalue weighted by Crippen LogP contribution is -2.48. The number of hydrogen-bond donors (Lipinski definition) is 2. The number of hydrogen-bond acceptors (Lipinski definition) is 4. The van der Waals surface area contributed by atoms with Crippen LogP contribution in [0, 0.1) is 0 Å². The molecule has 1 unspecified atom stereocenters. The van der Waals surface area contributed by atoms with E-state index in [-0.39, 0.29) is 23.1 Å². The van der Waals surface area contributed by atoms with Crippen molar-refractivity contribution in [3.05, 3.63) is 59.7 Å². The van der Waals surface area contributed by atoms with Crippen LogP contribution in [0.25, 0.3) is 0 Å². The largest absolute Gasteiger partial charge is 0.344 e. The number of anilines is 1. The predicted molar refractivity (Wildman–Crippen MR) is 120 cm³/mol. The fourth-order valence-electron chi connectivity index (χ4n) is 3.58. The molecule has 0 radical (unpaired) electrons. The van der Waals surface area contributed by atoms with Gasteiger partial charge in [-0.05, 0) is 48.6 Å². The SMILES string of the molecule is CCCCN(C)C(=O)C(Cc1ccccc1)NS(=O)(=O)c1ccc2c(c1)CCC(=O)N2. The molecule has 8 heteroatoms. The maximum atomic E-state index is 13.2. The fourth-order valence-corrected chi connectivity index (χ4v) is 4.82. The molecule has 166 valence electrons. The van der Waals surface area contributed by atoms with E-state index in [1.807, 2.05) is 37.3 Å². The zero-order chi connectivity index (χ0) is 22.4. The summed E-state index contributed by atoms with van der Waals surface area (Å²) in [6.07, 6.45) is 2.86. The van der Waals surface area contributed by atoms with Crippen molar-refractivity contribution in [2.45, 2.75) is 50.0 Å². The van der Waals surface area contributed by atoms with Crippen LogP contribution in [0.2, 0.25) is 0 Å². The second-order valence-electron chi connectivity index (χ2n) is 7.84. The van der Waals surface area contributed by atoms with Gasteiger partial charge in [0.25, 0.3) is 0 Å². The first-order valence-corrected chi connectivity index (χ1v) is 12.0. The fraction of sp³-hybridized carbons (Fsp3) is 0.391. The third kappa shape index (κ3) is 5.92. The highest BCUT2D eigenvalue weighted by molar-refractivity contribution is 7.89. The highest BCUT2D eigenvalue weighted by atomic mass is 32.2. The maximum Gasteiger partial charge on any atom is 0.241 e. The summed E-state index contributed by atoms with van der Waals surface area (Å²) in [5, 5.41) is 2.75. The Hall–Kier alpha value is -2.71. The molecular formula is C23H29N3O4S. The number of fused-ring (bicyclic) bond motifs is 1. The number of likely N-dealkylation sites (N-methyl/N-ethyl adjacent to an activating group) is 1. The molecule has 0 spiro atoms. The number of rotatable bonds is 9. The van der Waals surface area contributed by atoms with Crippen LogP contribution >= 0.6 is 0 Å². The Balaban J connectivity index is 1.85. The van der Waals surface area contributed by atoms with Crippen molar-refractivity contribution >= 4 is 27.5 Å². The van der Waals surface area contributed by atoms with Crippen LogP contribution in [0.15, 0.2) is 53.4 Å². The van der Waals surface area contributed by atoms with E-state index in [0.29, 0.717) is 25.1 Å². The third-order valence-electron chi connectivity index (χ3n) is 5.38. The molecular weight excluding hydrogens is 414 g/mol. The van der Waals surface area contributed by atoms with Crippen LogP contribution in [-0.2, 0) is 32.5 Å². The topological polar surface area (TPSA) is 95.6 Å². The van der Waals surface area contributed by atoms with Crippen molar-refractivity contribution in [2.75, 3.05) is 18.9 Å². The summed E-state index contributed by atoms with van der Waals surface area (Å²) in [5.74, 6) is -0.337. The molecule has 0 saturated heterocycles. The molecule has 0 aliphatic carbocycles. The first-order valence-electron chi connectivity index (χ1n) is 10.5. The van der Waals surface area contributed by atoms with Gasteiger partial charge in [0.05, 0.1) is 4.90 Å². The lowest BCUT2D eigenvalue weighted by molar-refractivity contribution is -0.131. The average molecular weight is 444 g/mol. The van der Waals surface area contributed by atoms with Crippen molar-refractivity contribution in [1.82, 2.24) is 9.62 Å². The Morgan fingerprint density at radius 2 is 1.90 bits per heavy atom. The van der Waals surface area contributed by atoms with Gasteiger partial charge in [0.15, 0.2) is 0 Å². The Kier molecular flexibility index (Phi) is 7.46. The first kappa shape index (κ1) is 23.0. The summed E-state index contributed by atoms with van der Waals surface area (Å²) < 4.78 is 28.9. The van der Waals surface area contributed by atoms with Gasteiger partial charge in [-0.3, -0.25) is 9.59 Å². The minimum absolute atomic E-state index is 0.0788.